The number of fused-ring (bicyclic) bond motifs is 1. The lowest BCUT2D eigenvalue weighted by molar-refractivity contribution is -0.124. The first-order valence-corrected chi connectivity index (χ1v) is 7.65. The molecule has 1 aliphatic heterocycles. The summed E-state index contributed by atoms with van der Waals surface area (Å²) >= 11 is 0. The van der Waals surface area contributed by atoms with Crippen molar-refractivity contribution in [2.75, 3.05) is 16.8 Å². The predicted molar refractivity (Wildman–Crippen MR) is 91.6 cm³/mol. The normalized spacial score (nSPS) is 14.9. The topological polar surface area (TPSA) is 73.2 Å². The van der Waals surface area contributed by atoms with Crippen molar-refractivity contribution in [3.05, 3.63) is 59.7 Å². The average molecular weight is 319 g/mol. The Morgan fingerprint density at radius 1 is 1.21 bits per heavy atom. The van der Waals surface area contributed by atoms with E-state index in [1.54, 1.807) is 24.3 Å². The highest BCUT2D eigenvalue weighted by atomic mass is 16.2. The molecule has 2 aromatic carbocycles. The molecule has 0 spiro atoms. The van der Waals surface area contributed by atoms with Crippen LogP contribution in [0.25, 0.3) is 0 Å². The van der Waals surface area contributed by atoms with E-state index in [0.717, 1.165) is 11.3 Å². The first kappa shape index (κ1) is 15.8. The van der Waals surface area contributed by atoms with Crippen molar-refractivity contribution in [3.63, 3.8) is 0 Å². The minimum Gasteiger partial charge on any atom is -0.324 e. The molecule has 0 unspecified atom stereocenters. The van der Waals surface area contributed by atoms with Crippen LogP contribution in [0.3, 0.4) is 0 Å². The molecule has 0 aliphatic carbocycles. The number of anilines is 2. The number of nitriles is 1. The second-order valence-corrected chi connectivity index (χ2v) is 6.27. The van der Waals surface area contributed by atoms with Gasteiger partial charge >= 0.3 is 0 Å². The van der Waals surface area contributed by atoms with Gasteiger partial charge in [0.2, 0.25) is 11.8 Å². The van der Waals surface area contributed by atoms with Crippen LogP contribution in [0.5, 0.6) is 0 Å². The van der Waals surface area contributed by atoms with Gasteiger partial charge in [0, 0.05) is 11.4 Å². The molecule has 1 aliphatic rings. The third-order valence-corrected chi connectivity index (χ3v) is 4.23. The predicted octanol–water partition coefficient (Wildman–Crippen LogP) is 2.82. The van der Waals surface area contributed by atoms with Crippen molar-refractivity contribution >= 4 is 23.2 Å². The first-order valence-electron chi connectivity index (χ1n) is 7.65. The van der Waals surface area contributed by atoms with E-state index in [2.05, 4.69) is 5.32 Å². The molecule has 0 radical (unpaired) electrons. The summed E-state index contributed by atoms with van der Waals surface area (Å²) in [6.45, 7) is 3.67. The molecule has 2 amide bonds. The second kappa shape index (κ2) is 5.82. The minimum atomic E-state index is -0.641. The van der Waals surface area contributed by atoms with Crippen LogP contribution < -0.4 is 10.2 Å². The third-order valence-electron chi connectivity index (χ3n) is 4.23. The average Bonchev–Trinajstić information content (AvgIpc) is 2.76. The molecule has 0 fully saturated rings. The van der Waals surface area contributed by atoms with E-state index >= 15 is 0 Å². The van der Waals surface area contributed by atoms with Crippen LogP contribution in [0.4, 0.5) is 11.4 Å². The summed E-state index contributed by atoms with van der Waals surface area (Å²) in [4.78, 5) is 26.5. The number of rotatable bonds is 3. The molecule has 1 N–H and O–H groups in total. The lowest BCUT2D eigenvalue weighted by atomic mass is 9.86. The number of nitrogens with one attached hydrogen (secondary N) is 1. The molecule has 0 saturated heterocycles. The Bertz CT molecular complexity index is 865. The van der Waals surface area contributed by atoms with Gasteiger partial charge < -0.3 is 10.2 Å². The fourth-order valence-electron chi connectivity index (χ4n) is 2.97. The quantitative estimate of drug-likeness (QED) is 0.945. The largest absolute Gasteiger partial charge is 0.324 e. The molecule has 0 aromatic heterocycles. The summed E-state index contributed by atoms with van der Waals surface area (Å²) in [6.07, 6.45) is 0. The van der Waals surface area contributed by atoms with Crippen LogP contribution in [0.15, 0.2) is 48.5 Å². The Balaban J connectivity index is 1.80. The van der Waals surface area contributed by atoms with Crippen molar-refractivity contribution in [1.82, 2.24) is 0 Å². The van der Waals surface area contributed by atoms with Gasteiger partial charge in [-0.2, -0.15) is 5.26 Å². The highest BCUT2D eigenvalue weighted by Gasteiger charge is 2.44. The zero-order valence-electron chi connectivity index (χ0n) is 13.5. The van der Waals surface area contributed by atoms with Crippen molar-refractivity contribution < 1.29 is 9.59 Å². The van der Waals surface area contributed by atoms with Gasteiger partial charge in [0.15, 0.2) is 0 Å². The van der Waals surface area contributed by atoms with Gasteiger partial charge in [0.25, 0.3) is 0 Å². The van der Waals surface area contributed by atoms with E-state index in [1.165, 1.54) is 4.90 Å². The van der Waals surface area contributed by atoms with Crippen LogP contribution in [0.1, 0.15) is 25.0 Å². The van der Waals surface area contributed by atoms with E-state index in [-0.39, 0.29) is 18.4 Å². The lowest BCUT2D eigenvalue weighted by Gasteiger charge is -2.20. The maximum atomic E-state index is 12.7. The summed E-state index contributed by atoms with van der Waals surface area (Å²) in [5.74, 6) is -0.393. The molecule has 120 valence electrons. The van der Waals surface area contributed by atoms with E-state index in [1.807, 2.05) is 44.2 Å². The first-order chi connectivity index (χ1) is 11.4. The van der Waals surface area contributed by atoms with Gasteiger partial charge in [0.05, 0.1) is 17.0 Å². The number of benzene rings is 2. The Morgan fingerprint density at radius 2 is 1.96 bits per heavy atom. The highest BCUT2D eigenvalue weighted by molar-refractivity contribution is 6.11. The van der Waals surface area contributed by atoms with Crippen molar-refractivity contribution in [1.29, 1.82) is 5.26 Å². The molecule has 2 aromatic rings. The number of nitrogens with zero attached hydrogens (tertiary/aromatic N) is 2. The van der Waals surface area contributed by atoms with Crippen LogP contribution >= 0.6 is 0 Å². The lowest BCUT2D eigenvalue weighted by Crippen LogP contribution is -2.40. The summed E-state index contributed by atoms with van der Waals surface area (Å²) in [5, 5.41) is 11.7. The Labute approximate surface area is 140 Å². The maximum Gasteiger partial charge on any atom is 0.244 e. The van der Waals surface area contributed by atoms with Crippen LogP contribution in [0, 0.1) is 11.3 Å². The molecule has 0 saturated carbocycles. The number of para-hydroxylation sites is 1. The third kappa shape index (κ3) is 2.63. The fraction of sp³-hybridized carbons (Fsp3) is 0.211. The summed E-state index contributed by atoms with van der Waals surface area (Å²) in [6, 6.07) is 16.2. The number of carbonyl (C=O) groups is 2. The Hall–Kier alpha value is -3.13. The van der Waals surface area contributed by atoms with Crippen LogP contribution in [-0.4, -0.2) is 18.4 Å². The standard InChI is InChI=1S/C19H17N3O2/c1-19(2)15-8-3-4-9-16(15)22(18(19)24)12-17(23)21-14-7-5-6-13(10-14)11-20/h3-10H,12H2,1-2H3,(H,21,23). The van der Waals surface area contributed by atoms with Crippen molar-refractivity contribution in [3.8, 4) is 6.07 Å². The maximum absolute atomic E-state index is 12.7. The zero-order chi connectivity index (χ0) is 17.3. The zero-order valence-corrected chi connectivity index (χ0v) is 13.5. The van der Waals surface area contributed by atoms with Crippen molar-refractivity contribution in [2.45, 2.75) is 19.3 Å². The summed E-state index contributed by atoms with van der Waals surface area (Å²) in [7, 11) is 0. The van der Waals surface area contributed by atoms with Crippen LogP contribution in [0.2, 0.25) is 0 Å². The van der Waals surface area contributed by atoms with E-state index in [4.69, 9.17) is 5.26 Å². The number of amides is 2. The van der Waals surface area contributed by atoms with Gasteiger partial charge in [0.1, 0.15) is 6.54 Å². The summed E-state index contributed by atoms with van der Waals surface area (Å²) in [5.41, 5.74) is 2.06. The smallest absolute Gasteiger partial charge is 0.244 e. The number of carbonyl (C=O) groups excluding carboxylic acids is 2. The molecule has 5 heteroatoms. The SMILES string of the molecule is CC1(C)C(=O)N(CC(=O)Nc2cccc(C#N)c2)c2ccccc21. The van der Waals surface area contributed by atoms with Gasteiger partial charge in [-0.05, 0) is 43.7 Å². The highest BCUT2D eigenvalue weighted by Crippen LogP contribution is 2.41. The Morgan fingerprint density at radius 3 is 2.71 bits per heavy atom. The second-order valence-electron chi connectivity index (χ2n) is 6.27. The molecule has 5 nitrogen and oxygen atoms in total. The van der Waals surface area contributed by atoms with Gasteiger partial charge in [-0.3, -0.25) is 9.59 Å². The molecular formula is C19H17N3O2. The van der Waals surface area contributed by atoms with E-state index in [9.17, 15) is 9.59 Å². The molecular weight excluding hydrogens is 302 g/mol. The number of hydrogen-bond donors (Lipinski definition) is 1. The minimum absolute atomic E-state index is 0.0595. The molecule has 0 atom stereocenters. The number of hydrogen-bond acceptors (Lipinski definition) is 3. The molecule has 24 heavy (non-hydrogen) atoms. The van der Waals surface area contributed by atoms with Gasteiger partial charge in [-0.1, -0.05) is 24.3 Å². The van der Waals surface area contributed by atoms with Crippen LogP contribution in [-0.2, 0) is 15.0 Å². The van der Waals surface area contributed by atoms with E-state index < -0.39 is 5.41 Å². The van der Waals surface area contributed by atoms with Crippen molar-refractivity contribution in [2.24, 2.45) is 0 Å². The molecule has 0 bridgehead atoms. The monoisotopic (exact) mass is 319 g/mol. The van der Waals surface area contributed by atoms with Gasteiger partial charge in [-0.25, -0.2) is 0 Å². The van der Waals surface area contributed by atoms with E-state index in [0.29, 0.717) is 11.3 Å². The Kier molecular flexibility index (Phi) is 3.82. The summed E-state index contributed by atoms with van der Waals surface area (Å²) < 4.78 is 0. The molecule has 1 heterocycles. The molecule has 3 rings (SSSR count). The fourth-order valence-corrected chi connectivity index (χ4v) is 2.97. The van der Waals surface area contributed by atoms with Gasteiger partial charge in [-0.15, -0.1) is 0 Å².